The number of rotatable bonds is 5. The molecule has 1 fully saturated rings. The first-order chi connectivity index (χ1) is 9.10. The summed E-state index contributed by atoms with van der Waals surface area (Å²) in [5.74, 6) is 0.189. The van der Waals surface area contributed by atoms with Crippen molar-refractivity contribution in [2.45, 2.75) is 25.8 Å². The van der Waals surface area contributed by atoms with Crippen LogP contribution in [0, 0.1) is 5.92 Å². The van der Waals surface area contributed by atoms with Crippen molar-refractivity contribution in [2.24, 2.45) is 5.92 Å². The van der Waals surface area contributed by atoms with Crippen LogP contribution >= 0.6 is 0 Å². The number of carbonyl (C=O) groups is 2. The quantitative estimate of drug-likeness (QED) is 0.753. The van der Waals surface area contributed by atoms with Crippen LogP contribution < -0.4 is 16.0 Å². The van der Waals surface area contributed by atoms with E-state index in [-0.39, 0.29) is 23.8 Å². The van der Waals surface area contributed by atoms with Gasteiger partial charge in [-0.3, -0.25) is 9.59 Å². The van der Waals surface area contributed by atoms with E-state index in [0.717, 1.165) is 24.2 Å². The Labute approximate surface area is 112 Å². The van der Waals surface area contributed by atoms with Crippen LogP contribution in [-0.4, -0.2) is 24.9 Å². The van der Waals surface area contributed by atoms with Gasteiger partial charge < -0.3 is 16.0 Å². The topological polar surface area (TPSA) is 70.2 Å². The number of hydrogen-bond acceptors (Lipinski definition) is 3. The first-order valence-electron chi connectivity index (χ1n) is 6.49. The zero-order valence-corrected chi connectivity index (χ0v) is 11.2. The fourth-order valence-electron chi connectivity index (χ4n) is 1.61. The molecule has 0 radical (unpaired) electrons. The Bertz CT molecular complexity index is 466. The molecule has 0 bridgehead atoms. The maximum Gasteiger partial charge on any atom is 0.241 e. The van der Waals surface area contributed by atoms with Gasteiger partial charge in [-0.15, -0.1) is 0 Å². The molecule has 102 valence electrons. The average molecular weight is 261 g/mol. The highest BCUT2D eigenvalue weighted by atomic mass is 16.2. The number of likely N-dealkylation sites (N-methyl/N-ethyl adjacent to an activating group) is 1. The van der Waals surface area contributed by atoms with E-state index in [2.05, 4.69) is 16.0 Å². The van der Waals surface area contributed by atoms with E-state index in [9.17, 15) is 9.59 Å². The molecule has 2 amide bonds. The molecule has 2 rings (SSSR count). The Balaban J connectivity index is 1.90. The van der Waals surface area contributed by atoms with Crippen LogP contribution in [0.15, 0.2) is 24.3 Å². The SMILES string of the molecule is CNC(C)C(=O)Nc1ccc(NC(=O)C2CC2)cc1. The predicted octanol–water partition coefficient (Wildman–Crippen LogP) is 1.58. The second-order valence-corrected chi connectivity index (χ2v) is 4.84. The third-order valence-electron chi connectivity index (χ3n) is 3.19. The fourth-order valence-corrected chi connectivity index (χ4v) is 1.61. The van der Waals surface area contributed by atoms with Crippen molar-refractivity contribution in [1.82, 2.24) is 5.32 Å². The molecular weight excluding hydrogens is 242 g/mol. The van der Waals surface area contributed by atoms with Crippen LogP contribution in [0.4, 0.5) is 11.4 Å². The molecule has 0 aromatic heterocycles. The summed E-state index contributed by atoms with van der Waals surface area (Å²) in [7, 11) is 1.74. The van der Waals surface area contributed by atoms with Crippen molar-refractivity contribution in [1.29, 1.82) is 0 Å². The van der Waals surface area contributed by atoms with Crippen molar-refractivity contribution >= 4 is 23.2 Å². The van der Waals surface area contributed by atoms with Crippen molar-refractivity contribution < 1.29 is 9.59 Å². The van der Waals surface area contributed by atoms with Gasteiger partial charge in [-0.25, -0.2) is 0 Å². The lowest BCUT2D eigenvalue weighted by Crippen LogP contribution is -2.35. The van der Waals surface area contributed by atoms with Gasteiger partial charge in [0, 0.05) is 17.3 Å². The summed E-state index contributed by atoms with van der Waals surface area (Å²) in [5, 5.41) is 8.52. The lowest BCUT2D eigenvalue weighted by atomic mass is 10.2. The molecule has 1 atom stereocenters. The molecule has 1 aliphatic rings. The van der Waals surface area contributed by atoms with E-state index in [1.54, 1.807) is 38.2 Å². The van der Waals surface area contributed by atoms with Gasteiger partial charge in [-0.1, -0.05) is 0 Å². The molecule has 3 N–H and O–H groups in total. The van der Waals surface area contributed by atoms with Crippen molar-refractivity contribution in [3.8, 4) is 0 Å². The number of amides is 2. The molecule has 1 aromatic rings. The minimum Gasteiger partial charge on any atom is -0.326 e. The molecule has 19 heavy (non-hydrogen) atoms. The first-order valence-corrected chi connectivity index (χ1v) is 6.49. The Morgan fingerprint density at radius 3 is 2.11 bits per heavy atom. The average Bonchev–Trinajstić information content (AvgIpc) is 3.24. The van der Waals surface area contributed by atoms with Crippen LogP contribution in [0.1, 0.15) is 19.8 Å². The highest BCUT2D eigenvalue weighted by Gasteiger charge is 2.29. The highest BCUT2D eigenvalue weighted by molar-refractivity contribution is 5.96. The van der Waals surface area contributed by atoms with Gasteiger partial charge in [0.05, 0.1) is 6.04 Å². The molecule has 1 aromatic carbocycles. The minimum atomic E-state index is -0.241. The lowest BCUT2D eigenvalue weighted by Gasteiger charge is -2.11. The Hall–Kier alpha value is -1.88. The Morgan fingerprint density at radius 2 is 1.63 bits per heavy atom. The van der Waals surface area contributed by atoms with Gasteiger partial charge in [0.15, 0.2) is 0 Å². The second-order valence-electron chi connectivity index (χ2n) is 4.84. The minimum absolute atomic E-state index is 0.0839. The Morgan fingerprint density at radius 1 is 1.11 bits per heavy atom. The van der Waals surface area contributed by atoms with Crippen LogP contribution in [0.3, 0.4) is 0 Å². The van der Waals surface area contributed by atoms with E-state index in [1.165, 1.54) is 0 Å². The molecule has 0 spiro atoms. The van der Waals surface area contributed by atoms with E-state index < -0.39 is 0 Å². The van der Waals surface area contributed by atoms with Gasteiger partial charge in [0.1, 0.15) is 0 Å². The van der Waals surface area contributed by atoms with Crippen LogP contribution in [-0.2, 0) is 9.59 Å². The van der Waals surface area contributed by atoms with Crippen molar-refractivity contribution in [2.75, 3.05) is 17.7 Å². The predicted molar refractivity (Wildman–Crippen MR) is 74.9 cm³/mol. The third kappa shape index (κ3) is 3.79. The lowest BCUT2D eigenvalue weighted by molar-refractivity contribution is -0.118. The fraction of sp³-hybridized carbons (Fsp3) is 0.429. The summed E-state index contributed by atoms with van der Waals surface area (Å²) in [5.41, 5.74) is 1.48. The largest absolute Gasteiger partial charge is 0.326 e. The number of benzene rings is 1. The maximum atomic E-state index is 11.7. The molecule has 0 heterocycles. The number of carbonyl (C=O) groups excluding carboxylic acids is 2. The second kappa shape index (κ2) is 5.84. The number of anilines is 2. The summed E-state index contributed by atoms with van der Waals surface area (Å²) < 4.78 is 0. The normalized spacial score (nSPS) is 15.7. The van der Waals surface area contributed by atoms with Crippen LogP contribution in [0.5, 0.6) is 0 Å². The highest BCUT2D eigenvalue weighted by Crippen LogP contribution is 2.30. The number of hydrogen-bond donors (Lipinski definition) is 3. The van der Waals surface area contributed by atoms with Crippen molar-refractivity contribution in [3.05, 3.63) is 24.3 Å². The molecule has 5 nitrogen and oxygen atoms in total. The van der Waals surface area contributed by atoms with Gasteiger partial charge >= 0.3 is 0 Å². The zero-order valence-electron chi connectivity index (χ0n) is 11.2. The standard InChI is InChI=1S/C14H19N3O2/c1-9(15-2)13(18)16-11-5-7-12(8-6-11)17-14(19)10-3-4-10/h5-10,15H,3-4H2,1-2H3,(H,16,18)(H,17,19). The van der Waals surface area contributed by atoms with E-state index >= 15 is 0 Å². The molecule has 1 aliphatic carbocycles. The first kappa shape index (κ1) is 13.5. The van der Waals surface area contributed by atoms with Crippen LogP contribution in [0.25, 0.3) is 0 Å². The summed E-state index contributed by atoms with van der Waals surface area (Å²) in [6, 6.07) is 6.90. The van der Waals surface area contributed by atoms with Gasteiger partial charge in [0.2, 0.25) is 11.8 Å². The van der Waals surface area contributed by atoms with Crippen LogP contribution in [0.2, 0.25) is 0 Å². The third-order valence-corrected chi connectivity index (χ3v) is 3.19. The summed E-state index contributed by atoms with van der Waals surface area (Å²) in [6.45, 7) is 1.79. The monoisotopic (exact) mass is 261 g/mol. The van der Waals surface area contributed by atoms with Crippen molar-refractivity contribution in [3.63, 3.8) is 0 Å². The Kier molecular flexibility index (Phi) is 4.16. The van der Waals surface area contributed by atoms with Gasteiger partial charge in [-0.2, -0.15) is 0 Å². The molecule has 0 aliphatic heterocycles. The van der Waals surface area contributed by atoms with E-state index in [4.69, 9.17) is 0 Å². The summed E-state index contributed by atoms with van der Waals surface area (Å²) >= 11 is 0. The smallest absolute Gasteiger partial charge is 0.241 e. The molecule has 1 unspecified atom stereocenters. The maximum absolute atomic E-state index is 11.7. The zero-order chi connectivity index (χ0) is 13.8. The summed E-state index contributed by atoms with van der Waals surface area (Å²) in [4.78, 5) is 23.2. The number of nitrogens with one attached hydrogen (secondary N) is 3. The van der Waals surface area contributed by atoms with E-state index in [0.29, 0.717) is 0 Å². The van der Waals surface area contributed by atoms with E-state index in [1.807, 2.05) is 0 Å². The molecule has 1 saturated carbocycles. The van der Waals surface area contributed by atoms with Gasteiger partial charge in [0.25, 0.3) is 0 Å². The molecular formula is C14H19N3O2. The van der Waals surface area contributed by atoms with Gasteiger partial charge in [-0.05, 0) is 51.1 Å². The molecule has 5 heteroatoms. The molecule has 0 saturated heterocycles. The summed E-state index contributed by atoms with van der Waals surface area (Å²) in [6.07, 6.45) is 1.98.